The predicted octanol–water partition coefficient (Wildman–Crippen LogP) is 14.3. The highest BCUT2D eigenvalue weighted by atomic mass is 127. The summed E-state index contributed by atoms with van der Waals surface area (Å²) >= 11 is 9.61. The van der Waals surface area contributed by atoms with Crippen LogP contribution in [0.25, 0.3) is 0 Å². The number of hydrogen-bond acceptors (Lipinski definition) is 13. The average molecular weight is 2150 g/mol. The van der Waals surface area contributed by atoms with Gasteiger partial charge in [0.2, 0.25) is 17.1 Å². The van der Waals surface area contributed by atoms with Crippen molar-refractivity contribution in [2.24, 2.45) is 0 Å². The Morgan fingerprint density at radius 1 is 0.545 bits per heavy atom. The van der Waals surface area contributed by atoms with Gasteiger partial charge in [0.25, 0.3) is 26.3 Å². The number of fused-ring (bicyclic) bond motifs is 4. The summed E-state index contributed by atoms with van der Waals surface area (Å²) < 4.78 is 145. The van der Waals surface area contributed by atoms with Gasteiger partial charge in [-0.25, -0.2) is 26.4 Å². The van der Waals surface area contributed by atoms with Crippen LogP contribution < -0.4 is 28.9 Å². The highest BCUT2D eigenvalue weighted by molar-refractivity contribution is 14.1. The van der Waals surface area contributed by atoms with Crippen molar-refractivity contribution in [3.05, 3.63) is 218 Å². The second-order valence-corrected chi connectivity index (χ2v) is 39.7. The van der Waals surface area contributed by atoms with E-state index in [1.54, 1.807) is 28.6 Å². The molecule has 29 heteroatoms. The summed E-state index contributed by atoms with van der Waals surface area (Å²) in [6, 6.07) is 25.5. The Morgan fingerprint density at radius 3 is 1.47 bits per heavy atom. The Hall–Kier alpha value is -4.68. The number of benzene rings is 5. The van der Waals surface area contributed by atoms with E-state index in [1.807, 2.05) is 52.0 Å². The SMILES string of the molecule is CCCCC(C(=O)O)N1\C(=C/C=C/C=C/C=C/C2=[N+](C)c3cc(I)cc(I)c3C2(C)C)C(C)(CCCCS(=O)(=O)O)c2cc(S(=O)(=O)[O-])ccc21.CCCCC(C(=O)O)[N+]1=C(C)C(C)(CCCCS(=O)(=O)O)c2cc(S(=O)(=O)[O-])ccc21.C[N+]1=C(/C=C/C=C/C=C/Cc2ccccc2)C(C)(C)c2c(I)cc(I)cc21.[I-]. The van der Waals surface area contributed by atoms with Gasteiger partial charge in [0.05, 0.1) is 48.7 Å². The zero-order valence-corrected chi connectivity index (χ0v) is 77.5. The third-order valence-corrected chi connectivity index (χ3v) is 26.9. The Morgan fingerprint density at radius 2 is 1.00 bits per heavy atom. The number of halogens is 5. The molecule has 4 aliphatic rings. The van der Waals surface area contributed by atoms with Crippen LogP contribution in [0.1, 0.15) is 167 Å². The molecule has 9 rings (SSSR count). The van der Waals surface area contributed by atoms with Crippen LogP contribution in [0, 0.1) is 14.3 Å². The third kappa shape index (κ3) is 23.3. The number of rotatable bonds is 31. The maximum atomic E-state index is 12.7. The molecule has 0 saturated carbocycles. The van der Waals surface area contributed by atoms with Gasteiger partial charge >= 0.3 is 11.9 Å². The van der Waals surface area contributed by atoms with Crippen molar-refractivity contribution in [3.63, 3.8) is 0 Å². The lowest BCUT2D eigenvalue weighted by Gasteiger charge is -2.34. The van der Waals surface area contributed by atoms with Crippen LogP contribution in [0.4, 0.5) is 22.7 Å². The van der Waals surface area contributed by atoms with Gasteiger partial charge in [-0.15, -0.1) is 0 Å². The van der Waals surface area contributed by atoms with Crippen LogP contribution in [0.2, 0.25) is 0 Å². The van der Waals surface area contributed by atoms with Gasteiger partial charge in [0.1, 0.15) is 40.4 Å². The summed E-state index contributed by atoms with van der Waals surface area (Å²) in [7, 11) is -13.6. The fourth-order valence-electron chi connectivity index (χ4n) is 15.0. The second-order valence-electron chi connectivity index (χ2n) is 29.0. The van der Waals surface area contributed by atoms with E-state index in [0.29, 0.717) is 85.3 Å². The fraction of sp³-hybridized carbons (Fsp3) is 0.395. The summed E-state index contributed by atoms with van der Waals surface area (Å²) in [6.45, 7) is 18.4. The van der Waals surface area contributed by atoms with E-state index >= 15 is 0 Å². The summed E-state index contributed by atoms with van der Waals surface area (Å²) in [5.41, 5.74) is 10.4. The van der Waals surface area contributed by atoms with Crippen LogP contribution in [-0.2, 0) is 78.1 Å². The number of allylic oxidation sites excluding steroid dienone is 14. The van der Waals surface area contributed by atoms with Crippen molar-refractivity contribution in [3.8, 4) is 0 Å². The Kier molecular flexibility index (Phi) is 34.1. The zero-order valence-electron chi connectivity index (χ0n) is 63.4. The summed E-state index contributed by atoms with van der Waals surface area (Å²) in [5, 5.41) is 20.3. The molecule has 0 saturated heterocycles. The molecule has 5 aromatic rings. The molecule has 0 bridgehead atoms. The third-order valence-electron chi connectivity index (χ3n) is 20.6. The molecule has 4 atom stereocenters. The second kappa shape index (κ2) is 39.8. The minimum atomic E-state index is -4.82. The van der Waals surface area contributed by atoms with Crippen molar-refractivity contribution >= 4 is 183 Å². The van der Waals surface area contributed by atoms with E-state index in [-0.39, 0.29) is 47.6 Å². The average Bonchev–Trinajstić information content (AvgIpc) is 1.61. The number of hydrogen-bond donors (Lipinski definition) is 4. The molecule has 596 valence electrons. The number of nitrogens with zero attached hydrogens (tertiary/aromatic N) is 4. The van der Waals surface area contributed by atoms with E-state index in [2.05, 4.69) is 238 Å². The Labute approximate surface area is 721 Å². The number of carboxylic acid groups (broad SMARTS) is 2. The minimum Gasteiger partial charge on any atom is -1.00 e. The number of anilines is 1. The van der Waals surface area contributed by atoms with E-state index in [9.17, 15) is 67.1 Å². The van der Waals surface area contributed by atoms with Gasteiger partial charge < -0.3 is 48.2 Å². The van der Waals surface area contributed by atoms with Crippen molar-refractivity contribution in [2.75, 3.05) is 30.5 Å². The largest absolute Gasteiger partial charge is 1.00 e. The van der Waals surface area contributed by atoms with Crippen LogP contribution >= 0.6 is 90.4 Å². The van der Waals surface area contributed by atoms with E-state index in [1.165, 1.54) is 84.5 Å². The lowest BCUT2D eigenvalue weighted by atomic mass is 9.76. The molecule has 4 aliphatic heterocycles. The summed E-state index contributed by atoms with van der Waals surface area (Å²) in [4.78, 5) is 25.7. The first kappa shape index (κ1) is 94.2. The number of carbonyl (C=O) groups is 2. The summed E-state index contributed by atoms with van der Waals surface area (Å²) in [5.74, 6) is -2.90. The topological polar surface area (TPSA) is 310 Å². The van der Waals surface area contributed by atoms with Gasteiger partial charge in [0.15, 0.2) is 17.1 Å². The molecule has 0 fully saturated rings. The highest BCUT2D eigenvalue weighted by Gasteiger charge is 2.52. The molecule has 5 aromatic carbocycles. The lowest BCUT2D eigenvalue weighted by Crippen LogP contribution is -3.00. The molecule has 0 aromatic heterocycles. The van der Waals surface area contributed by atoms with Gasteiger partial charge in [-0.3, -0.25) is 9.11 Å². The van der Waals surface area contributed by atoms with Crippen molar-refractivity contribution in [2.45, 2.75) is 189 Å². The smallest absolute Gasteiger partial charge is 0.373 e. The molecule has 4 N–H and O–H groups in total. The molecule has 0 amide bonds. The molecular weight excluding hydrogens is 2050 g/mol. The van der Waals surface area contributed by atoms with Crippen LogP contribution in [0.15, 0.2) is 185 Å². The maximum Gasteiger partial charge on any atom is 0.373 e. The van der Waals surface area contributed by atoms with E-state index in [0.717, 1.165) is 25.0 Å². The highest BCUT2D eigenvalue weighted by Crippen LogP contribution is 2.53. The van der Waals surface area contributed by atoms with Crippen molar-refractivity contribution < 1.29 is 109 Å². The first-order chi connectivity index (χ1) is 50.9. The molecule has 4 heterocycles. The zero-order chi connectivity index (χ0) is 81.0. The fourth-order valence-corrected chi connectivity index (χ4v) is 22.1. The van der Waals surface area contributed by atoms with Gasteiger partial charge in [0, 0.05) is 80.3 Å². The van der Waals surface area contributed by atoms with Crippen LogP contribution in [-0.4, -0.2) is 143 Å². The van der Waals surface area contributed by atoms with Crippen LogP contribution in [0.5, 0.6) is 0 Å². The summed E-state index contributed by atoms with van der Waals surface area (Å²) in [6.07, 6.45) is 32.4. The van der Waals surface area contributed by atoms with Gasteiger partial charge in [-0.05, 0) is 237 Å². The first-order valence-electron chi connectivity index (χ1n) is 35.8. The predicted molar refractivity (Wildman–Crippen MR) is 464 cm³/mol. The van der Waals surface area contributed by atoms with E-state index in [4.69, 9.17) is 4.55 Å². The van der Waals surface area contributed by atoms with Crippen LogP contribution in [0.3, 0.4) is 0 Å². The first-order valence-corrected chi connectivity index (χ1v) is 46.2. The molecule has 4 unspecified atom stereocenters. The Balaban J connectivity index is 0.000000274. The molecule has 20 nitrogen and oxygen atoms in total. The maximum absolute atomic E-state index is 12.7. The number of unbranched alkanes of at least 4 members (excludes halogenated alkanes) is 4. The molecule has 0 spiro atoms. The van der Waals surface area contributed by atoms with E-state index < -0.39 is 96.6 Å². The number of aliphatic carboxylic acids is 2. The quantitative estimate of drug-likeness (QED) is 0.0105. The minimum absolute atomic E-state index is 0. The normalized spacial score (nSPS) is 19.0. The standard InChI is InChI=1S/C37H44I2N2O8S2.C24H24I2N.C20H29NO8S2.HI/c1-6-7-15-30(35(42)43)41-29-19-18-26(51(47,48)49)24-27(29)37(4,20-13-14-21-50(44,45)46)33(41)17-12-10-8-9-11-16-32-36(2,3)34-28(39)22-25(38)23-31(34)40(32)5;1-24(2)22(27(3)21-17-19(25)16-20(26)23(21)24)15-11-6-4-5-8-12-18-13-9-7-10-14-18;1-4-5-8-18(19(22)23)21-14(2)20(3,11-6-7-12-30(24,25)26)16-13-15(31(27,28)29)9-10-17(16)21;/h8-12,16-19,22-24,30H,6-7,13-15,20-21H2,1-5H3,(H2-,42,43,44,45,46,47,48,49);4-11,13-17H,12H2,1-3H3;9-10,13,18H,4-8,11-12H2,1-3H3,(H2-,22,23,24,25,26,27,28,29);1H/q;+1;;/p-1/b;6-4+,8-5+,15-11+;;. The molecule has 0 aliphatic carbocycles. The van der Waals surface area contributed by atoms with Crippen molar-refractivity contribution in [1.82, 2.24) is 0 Å². The lowest BCUT2D eigenvalue weighted by molar-refractivity contribution is -0.473. The monoisotopic (exact) mass is 2140 g/mol. The molecule has 110 heavy (non-hydrogen) atoms. The van der Waals surface area contributed by atoms with Gasteiger partial charge in [-0.1, -0.05) is 137 Å². The number of carboxylic acids is 2. The van der Waals surface area contributed by atoms with Crippen molar-refractivity contribution in [1.29, 1.82) is 0 Å². The van der Waals surface area contributed by atoms with Gasteiger partial charge in [-0.2, -0.15) is 30.6 Å². The molecule has 0 radical (unpaired) electrons. The molecular formula is C81H97I5N4O16S4. The Bertz CT molecular complexity index is 5090.